The van der Waals surface area contributed by atoms with Gasteiger partial charge in [-0.1, -0.05) is 25.1 Å². The lowest BCUT2D eigenvalue weighted by molar-refractivity contribution is -0.184. The maximum atomic E-state index is 14.2. The van der Waals surface area contributed by atoms with Crippen molar-refractivity contribution in [3.05, 3.63) is 58.9 Å². The summed E-state index contributed by atoms with van der Waals surface area (Å²) in [5.74, 6) is -5.00. The van der Waals surface area contributed by atoms with Crippen LogP contribution in [0.2, 0.25) is 0 Å². The summed E-state index contributed by atoms with van der Waals surface area (Å²) >= 11 is 0. The minimum absolute atomic E-state index is 0.0876. The zero-order chi connectivity index (χ0) is 21.7. The van der Waals surface area contributed by atoms with Gasteiger partial charge in [0, 0.05) is 11.6 Å². The van der Waals surface area contributed by atoms with Gasteiger partial charge in [-0.25, -0.2) is 13.2 Å². The Hall–Kier alpha value is -2.47. The van der Waals surface area contributed by atoms with Gasteiger partial charge in [0.15, 0.2) is 23.2 Å². The Bertz CT molecular complexity index is 983. The van der Waals surface area contributed by atoms with E-state index in [1.54, 1.807) is 39.8 Å². The molecule has 0 bridgehead atoms. The minimum atomic E-state index is -1.26. The molecule has 0 N–H and O–H groups in total. The van der Waals surface area contributed by atoms with Crippen molar-refractivity contribution >= 4 is 11.6 Å². The van der Waals surface area contributed by atoms with E-state index in [0.717, 1.165) is 6.07 Å². The van der Waals surface area contributed by atoms with Crippen LogP contribution in [0.25, 0.3) is 11.1 Å². The van der Waals surface area contributed by atoms with Crippen LogP contribution in [0, 0.1) is 17.5 Å². The number of rotatable bonds is 3. The highest BCUT2D eigenvalue weighted by Crippen LogP contribution is 2.40. The highest BCUT2D eigenvalue weighted by Gasteiger charge is 2.53. The van der Waals surface area contributed by atoms with Crippen molar-refractivity contribution in [3.8, 4) is 11.1 Å². The van der Waals surface area contributed by atoms with Gasteiger partial charge in [-0.05, 0) is 56.9 Å². The van der Waals surface area contributed by atoms with Gasteiger partial charge in [0.05, 0.1) is 0 Å². The van der Waals surface area contributed by atoms with Crippen LogP contribution < -0.4 is 0 Å². The van der Waals surface area contributed by atoms with Crippen LogP contribution >= 0.6 is 0 Å². The van der Waals surface area contributed by atoms with Crippen molar-refractivity contribution in [2.45, 2.75) is 58.2 Å². The summed E-state index contributed by atoms with van der Waals surface area (Å²) in [6.07, 6.45) is 0.466. The minimum Gasteiger partial charge on any atom is -0.354 e. The van der Waals surface area contributed by atoms with Crippen molar-refractivity contribution in [3.63, 3.8) is 0 Å². The van der Waals surface area contributed by atoms with E-state index in [2.05, 4.69) is 0 Å². The average molecular weight is 404 g/mol. The third-order valence-electron chi connectivity index (χ3n) is 5.38. The summed E-state index contributed by atoms with van der Waals surface area (Å²) in [6.45, 7) is 8.37. The monoisotopic (exact) mass is 404 g/mol. The molecule has 2 aromatic rings. The summed E-state index contributed by atoms with van der Waals surface area (Å²) in [7, 11) is 0. The molecule has 0 amide bonds. The molecule has 29 heavy (non-hydrogen) atoms. The van der Waals surface area contributed by atoms with Crippen LogP contribution in [-0.2, 0) is 20.7 Å². The number of aryl methyl sites for hydroxylation is 1. The van der Waals surface area contributed by atoms with Crippen LogP contribution in [0.1, 0.15) is 51.7 Å². The van der Waals surface area contributed by atoms with Gasteiger partial charge in [-0.15, -0.1) is 0 Å². The number of halogens is 3. The second-order valence-corrected chi connectivity index (χ2v) is 8.30. The van der Waals surface area contributed by atoms with Crippen LogP contribution in [0.4, 0.5) is 13.2 Å². The molecule has 154 valence electrons. The van der Waals surface area contributed by atoms with Crippen molar-refractivity contribution in [2.75, 3.05) is 0 Å². The third kappa shape index (κ3) is 3.62. The molecule has 2 aromatic carbocycles. The van der Waals surface area contributed by atoms with E-state index in [9.17, 15) is 22.8 Å². The van der Waals surface area contributed by atoms with Crippen LogP contribution in [0.5, 0.6) is 0 Å². The third-order valence-corrected chi connectivity index (χ3v) is 5.38. The standard InChI is InChI=1S/C23H23F3O3/c1-6-12-9-13(15-10-17(25)18(26)11-16(15)24)7-8-14(12)19-20(27)22(2,3)29-23(4,5)21(19)28/h7-11,19H,6H2,1-5H3. The van der Waals surface area contributed by atoms with E-state index < -0.39 is 34.6 Å². The maximum Gasteiger partial charge on any atom is 0.179 e. The molecule has 1 saturated heterocycles. The molecule has 1 aliphatic heterocycles. The van der Waals surface area contributed by atoms with E-state index in [1.165, 1.54) is 6.07 Å². The Morgan fingerprint density at radius 2 is 1.41 bits per heavy atom. The summed E-state index contributed by atoms with van der Waals surface area (Å²) in [4.78, 5) is 26.0. The Morgan fingerprint density at radius 1 is 0.862 bits per heavy atom. The predicted molar refractivity (Wildman–Crippen MR) is 103 cm³/mol. The van der Waals surface area contributed by atoms with Crippen molar-refractivity contribution < 1.29 is 27.5 Å². The first-order chi connectivity index (χ1) is 13.4. The number of hydrogen-bond acceptors (Lipinski definition) is 3. The van der Waals surface area contributed by atoms with Gasteiger partial charge in [0.25, 0.3) is 0 Å². The number of benzene rings is 2. The Labute approximate surface area is 167 Å². The first-order valence-electron chi connectivity index (χ1n) is 9.45. The number of ether oxygens (including phenoxy) is 1. The van der Waals surface area contributed by atoms with E-state index in [1.807, 2.05) is 6.92 Å². The fourth-order valence-corrected chi connectivity index (χ4v) is 3.94. The highest BCUT2D eigenvalue weighted by molar-refractivity contribution is 6.15. The van der Waals surface area contributed by atoms with E-state index >= 15 is 0 Å². The summed E-state index contributed by atoms with van der Waals surface area (Å²) in [6, 6.07) is 6.02. The lowest BCUT2D eigenvalue weighted by atomic mass is 9.73. The smallest absolute Gasteiger partial charge is 0.179 e. The molecular formula is C23H23F3O3. The Morgan fingerprint density at radius 3 is 1.97 bits per heavy atom. The molecule has 0 aliphatic carbocycles. The average Bonchev–Trinajstić information content (AvgIpc) is 2.63. The van der Waals surface area contributed by atoms with Gasteiger partial charge < -0.3 is 4.74 Å². The molecule has 0 atom stereocenters. The lowest BCUT2D eigenvalue weighted by Gasteiger charge is -2.43. The highest BCUT2D eigenvalue weighted by atomic mass is 19.2. The quantitative estimate of drug-likeness (QED) is 0.525. The molecule has 0 unspecified atom stereocenters. The molecule has 6 heteroatoms. The molecule has 1 heterocycles. The van der Waals surface area contributed by atoms with Gasteiger partial charge in [-0.3, -0.25) is 9.59 Å². The first kappa shape index (κ1) is 21.2. The second kappa shape index (κ2) is 7.10. The number of carbonyl (C=O) groups excluding carboxylic acids is 2. The zero-order valence-electron chi connectivity index (χ0n) is 17.0. The van der Waals surface area contributed by atoms with Gasteiger partial charge >= 0.3 is 0 Å². The van der Waals surface area contributed by atoms with Gasteiger partial charge in [0.1, 0.15) is 22.9 Å². The summed E-state index contributed by atoms with van der Waals surface area (Å²) in [5.41, 5.74) is -0.843. The number of Topliss-reactive ketones (excluding diaryl/α,β-unsaturated/α-hetero) is 2. The molecule has 0 saturated carbocycles. The summed E-state index contributed by atoms with van der Waals surface area (Å²) < 4.78 is 46.8. The van der Waals surface area contributed by atoms with Gasteiger partial charge in [-0.2, -0.15) is 0 Å². The van der Waals surface area contributed by atoms with Crippen molar-refractivity contribution in [1.29, 1.82) is 0 Å². The predicted octanol–water partition coefficient (Wildman–Crippen LogP) is 5.14. The van der Waals surface area contributed by atoms with E-state index in [0.29, 0.717) is 29.2 Å². The molecule has 3 nitrogen and oxygen atoms in total. The topological polar surface area (TPSA) is 43.4 Å². The summed E-state index contributed by atoms with van der Waals surface area (Å²) in [5, 5.41) is 0. The first-order valence-corrected chi connectivity index (χ1v) is 9.45. The lowest BCUT2D eigenvalue weighted by Crippen LogP contribution is -2.58. The van der Waals surface area contributed by atoms with E-state index in [-0.39, 0.29) is 17.1 Å². The number of carbonyl (C=O) groups is 2. The zero-order valence-corrected chi connectivity index (χ0v) is 17.0. The molecule has 1 fully saturated rings. The molecular weight excluding hydrogens is 381 g/mol. The molecule has 3 rings (SSSR count). The second-order valence-electron chi connectivity index (χ2n) is 8.30. The SMILES string of the molecule is CCc1cc(-c2cc(F)c(F)cc2F)ccc1C1C(=O)C(C)(C)OC(C)(C)C1=O. The van der Waals surface area contributed by atoms with Crippen molar-refractivity contribution in [2.24, 2.45) is 0 Å². The number of hydrogen-bond donors (Lipinski definition) is 0. The fraction of sp³-hybridized carbons (Fsp3) is 0.391. The largest absolute Gasteiger partial charge is 0.354 e. The molecule has 1 aliphatic rings. The van der Waals surface area contributed by atoms with Crippen molar-refractivity contribution in [1.82, 2.24) is 0 Å². The van der Waals surface area contributed by atoms with Crippen LogP contribution in [0.3, 0.4) is 0 Å². The molecule has 0 radical (unpaired) electrons. The fourth-order valence-electron chi connectivity index (χ4n) is 3.94. The maximum absolute atomic E-state index is 14.2. The number of ketones is 2. The molecule has 0 spiro atoms. The Balaban J connectivity index is 2.14. The van der Waals surface area contributed by atoms with E-state index in [4.69, 9.17) is 4.74 Å². The molecule has 0 aromatic heterocycles. The van der Waals surface area contributed by atoms with Crippen LogP contribution in [0.15, 0.2) is 30.3 Å². The van der Waals surface area contributed by atoms with Gasteiger partial charge in [0.2, 0.25) is 0 Å². The normalized spacial score (nSPS) is 18.9. The Kier molecular flexibility index (Phi) is 5.20. The van der Waals surface area contributed by atoms with Crippen LogP contribution in [-0.4, -0.2) is 22.8 Å².